The van der Waals surface area contributed by atoms with Crippen LogP contribution in [0.2, 0.25) is 0 Å². The van der Waals surface area contributed by atoms with Gasteiger partial charge in [-0.15, -0.1) is 0 Å². The molecule has 2 aromatic carbocycles. The van der Waals surface area contributed by atoms with Crippen LogP contribution in [0.1, 0.15) is 225 Å². The molecule has 2 fully saturated rings. The number of hydrogen-bond acceptors (Lipinski definition) is 19. The van der Waals surface area contributed by atoms with Gasteiger partial charge in [-0.05, 0) is 101 Å². The normalized spacial score (nSPS) is 19.6. The molecule has 2 aliphatic rings. The van der Waals surface area contributed by atoms with Crippen LogP contribution >= 0.6 is 0 Å². The summed E-state index contributed by atoms with van der Waals surface area (Å²) < 4.78 is 16.2. The van der Waals surface area contributed by atoms with Gasteiger partial charge in [0.15, 0.2) is 11.9 Å². The number of alkyl halides is 1. The fourth-order valence-electron chi connectivity index (χ4n) is 14.6. The average molecular weight is 1760 g/mol. The van der Waals surface area contributed by atoms with Gasteiger partial charge in [0.05, 0.1) is 25.8 Å². The van der Waals surface area contributed by atoms with E-state index in [1.54, 1.807) is 61.7 Å². The number of nitrogens with zero attached hydrogens (tertiary/aromatic N) is 3. The molecule has 15 amide bonds. The second kappa shape index (κ2) is 57.0. The van der Waals surface area contributed by atoms with E-state index >= 15 is 9.18 Å². The number of aliphatic hydroxyl groups excluding tert-OH is 2. The zero-order valence-electron chi connectivity index (χ0n) is 72.4. The third-order valence-corrected chi connectivity index (χ3v) is 21.7. The van der Waals surface area contributed by atoms with Crippen LogP contribution in [0.25, 0.3) is 10.9 Å². The van der Waals surface area contributed by atoms with Gasteiger partial charge in [0.2, 0.25) is 88.6 Å². The molecule has 0 spiro atoms. The second-order valence-electron chi connectivity index (χ2n) is 32.1. The van der Waals surface area contributed by atoms with E-state index in [0.29, 0.717) is 34.9 Å². The maximum absolute atomic E-state index is 16.2. The molecule has 2 saturated heterocycles. The molecule has 0 aliphatic carbocycles. The first-order chi connectivity index (χ1) is 59.8. The number of rotatable bonds is 49. The number of halogens is 1. The molecule has 0 radical (unpaired) electrons. The Kier molecular flexibility index (Phi) is 47.4. The predicted molar refractivity (Wildman–Crippen MR) is 466 cm³/mol. The molecule has 0 bridgehead atoms. The molecule has 39 nitrogen and oxygen atoms in total. The lowest BCUT2D eigenvalue weighted by Gasteiger charge is -2.31. The largest absolute Gasteiger partial charge is 0.394 e. The Balaban J connectivity index is 1.39. The summed E-state index contributed by atoms with van der Waals surface area (Å²) in [5, 5.41) is 53.1. The molecule has 694 valence electrons. The number of hydrogen-bond donors (Lipinski definition) is 21. The van der Waals surface area contributed by atoms with Crippen LogP contribution in [0.5, 0.6) is 0 Å². The van der Waals surface area contributed by atoms with E-state index < -0.39 is 219 Å². The number of aromatic nitrogens is 1. The lowest BCUT2D eigenvalue weighted by molar-refractivity contribution is -0.143. The summed E-state index contributed by atoms with van der Waals surface area (Å²) in [7, 11) is 0. The highest BCUT2D eigenvalue weighted by molar-refractivity contribution is 6.01. The first-order valence-electron chi connectivity index (χ1n) is 43.9. The zero-order chi connectivity index (χ0) is 91.8. The molecule has 13 atom stereocenters. The fourth-order valence-corrected chi connectivity index (χ4v) is 14.6. The number of nitrogens with one attached hydrogen (secondary N) is 13. The fraction of sp³-hybridized carbons (Fsp3) is 0.635. The van der Waals surface area contributed by atoms with Crippen LogP contribution in [0.3, 0.4) is 0 Å². The smallest absolute Gasteiger partial charge is 0.245 e. The number of nitrogens with two attached hydrogens (primary N) is 6. The molecule has 5 rings (SSSR count). The Labute approximate surface area is 729 Å². The number of carbonyl (C=O) groups is 15. The maximum Gasteiger partial charge on any atom is 0.245 e. The van der Waals surface area contributed by atoms with Gasteiger partial charge in [0, 0.05) is 75.3 Å². The van der Waals surface area contributed by atoms with Crippen molar-refractivity contribution in [1.82, 2.24) is 73.7 Å². The second-order valence-corrected chi connectivity index (χ2v) is 32.1. The number of primary amides is 2. The van der Waals surface area contributed by atoms with Crippen molar-refractivity contribution in [1.29, 1.82) is 0 Å². The number of benzene rings is 2. The van der Waals surface area contributed by atoms with Crippen molar-refractivity contribution in [3.8, 4) is 0 Å². The SMILES string of the molecule is CCCCCCCCCCCCCCCC(=O)NCC(=O)N[C@@H](CO)C(=O)N[C@@H](CCC(N)=O)C(=O)N[C@@H](CCCCN=C(N)N)C(=O)N[C@H](C(=O)N[C@@H](CCCC)C(=O)N[C@H]1CCC(=O)NCCCC[C@@H](C(N)=O)NC(=O)[C@H](Cc2c[nH]c3ccccc23)NC(=O)[C@H](CCCN=C(N)N)NC(=O)[C@@H](Cc2ccccc2)NC(=O)C2CC(F)CN2C1=O)C(C)O. The number of aromatic amines is 1. The monoisotopic (exact) mass is 1760 g/mol. The van der Waals surface area contributed by atoms with Crippen LogP contribution in [0.4, 0.5) is 4.39 Å². The first kappa shape index (κ1) is 104. The van der Waals surface area contributed by atoms with E-state index in [-0.39, 0.29) is 115 Å². The molecule has 40 heteroatoms. The number of carbonyl (C=O) groups excluding carboxylic acids is 15. The minimum Gasteiger partial charge on any atom is -0.394 e. The molecular formula is C85H135FN22O17. The lowest BCUT2D eigenvalue weighted by Crippen LogP contribution is -2.62. The van der Waals surface area contributed by atoms with Crippen molar-refractivity contribution >= 4 is 111 Å². The van der Waals surface area contributed by atoms with E-state index in [1.807, 2.05) is 6.07 Å². The van der Waals surface area contributed by atoms with Crippen molar-refractivity contribution in [3.63, 3.8) is 0 Å². The number of H-pyrrole nitrogens is 1. The number of aliphatic imine (C=N–C) groups is 2. The van der Waals surface area contributed by atoms with Gasteiger partial charge in [-0.25, -0.2) is 4.39 Å². The highest BCUT2D eigenvalue weighted by Gasteiger charge is 2.45. The van der Waals surface area contributed by atoms with Gasteiger partial charge in [-0.2, -0.15) is 0 Å². The van der Waals surface area contributed by atoms with Crippen LogP contribution in [-0.2, 0) is 84.8 Å². The van der Waals surface area contributed by atoms with Crippen LogP contribution in [-0.4, -0.2) is 239 Å². The highest BCUT2D eigenvalue weighted by atomic mass is 19.1. The number of fused-ring (bicyclic) bond motifs is 2. The summed E-state index contributed by atoms with van der Waals surface area (Å²) >= 11 is 0. The van der Waals surface area contributed by atoms with Gasteiger partial charge in [0.25, 0.3) is 0 Å². The summed E-state index contributed by atoms with van der Waals surface area (Å²) in [6.07, 6.45) is 10.4. The predicted octanol–water partition coefficient (Wildman–Crippen LogP) is -0.771. The molecular weight excluding hydrogens is 1620 g/mol. The number of aliphatic hydroxyl groups is 2. The molecule has 0 saturated carbocycles. The molecule has 125 heavy (non-hydrogen) atoms. The highest BCUT2D eigenvalue weighted by Crippen LogP contribution is 2.25. The van der Waals surface area contributed by atoms with Gasteiger partial charge in [-0.3, -0.25) is 81.9 Å². The molecule has 3 aromatic rings. The third-order valence-electron chi connectivity index (χ3n) is 21.7. The van der Waals surface area contributed by atoms with Crippen molar-refractivity contribution in [2.24, 2.45) is 44.4 Å². The first-order valence-corrected chi connectivity index (χ1v) is 43.9. The number of guanidine groups is 2. The summed E-state index contributed by atoms with van der Waals surface area (Å²) in [6, 6.07) is -2.32. The minimum absolute atomic E-state index is 0.0234. The minimum atomic E-state index is -1.94. The maximum atomic E-state index is 16.2. The lowest BCUT2D eigenvalue weighted by atomic mass is 10.0. The summed E-state index contributed by atoms with van der Waals surface area (Å²) in [4.78, 5) is 224. The number of para-hydroxylation sites is 1. The Hall–Kier alpha value is -11.6. The van der Waals surface area contributed by atoms with Crippen LogP contribution in [0.15, 0.2) is 70.8 Å². The van der Waals surface area contributed by atoms with Crippen molar-refractivity contribution in [3.05, 3.63) is 71.9 Å². The molecule has 3 unspecified atom stereocenters. The topological polar surface area (TPSA) is 641 Å². The van der Waals surface area contributed by atoms with Gasteiger partial charge in [-0.1, -0.05) is 152 Å². The van der Waals surface area contributed by atoms with E-state index in [4.69, 9.17) is 34.4 Å². The molecule has 1 aromatic heterocycles. The van der Waals surface area contributed by atoms with E-state index in [1.165, 1.54) is 51.4 Å². The number of amides is 15. The molecule has 27 N–H and O–H groups in total. The van der Waals surface area contributed by atoms with Crippen LogP contribution < -0.4 is 98.2 Å². The van der Waals surface area contributed by atoms with E-state index in [0.717, 1.165) is 37.5 Å². The van der Waals surface area contributed by atoms with E-state index in [2.05, 4.69) is 85.7 Å². The van der Waals surface area contributed by atoms with E-state index in [9.17, 15) is 77.3 Å². The molecule has 2 aliphatic heterocycles. The zero-order valence-corrected chi connectivity index (χ0v) is 72.4. The number of unbranched alkanes of at least 4 members (excludes halogenated alkanes) is 14. The quantitative estimate of drug-likeness (QED) is 0.0187. The Morgan fingerprint density at radius 3 is 1.74 bits per heavy atom. The van der Waals surface area contributed by atoms with Gasteiger partial charge < -0.3 is 118 Å². The summed E-state index contributed by atoms with van der Waals surface area (Å²) in [5.74, 6) is -14.7. The summed E-state index contributed by atoms with van der Waals surface area (Å²) in [5.41, 5.74) is 35.5. The Bertz CT molecular complexity index is 4050. The standard InChI is InChI=1S/C85H135FN22O17/c1-4-6-8-9-10-11-12-13-14-15-16-17-21-37-69(112)97-49-71(114)98-66(51-109)80(122)102-62(38-40-68(87)111)76(118)100-60(35-25-27-43-94-84(89)90)77(119)107-72(52(3)110)82(124)103-59(32-7-5-2)74(116)104-63-39-41-70(113)93-42-26-24-34-58(73(88)115)99-79(121)65(46-54-48-96-57-33-23-22-31-56(54)57)105-75(117)61(36-28-44-95-85(91)92)101-78(120)64(45-53-29-19-18-20-30-53)106-81(123)67-47-55(86)50-108(67)83(63)125/h18-20,22-23,29-31,33,48,52,55,58-67,72,96,109-110H,4-17,21,24-28,32,34-47,49-51H2,1-3H3,(H2,87,111)(H2,88,115)(H,93,113)(H,97,112)(H,98,114)(H,99,121)(H,100,118)(H,101,120)(H,102,122)(H,103,124)(H,104,116)(H,105,117)(H,106,123)(H,107,119)(H4,89,90,94)(H4,91,92,95)/t52?,55?,58-,59-,60-,61-,62-,63-,64+,65-,66-,67?,72-/m0/s1. The third kappa shape index (κ3) is 39.0. The average Bonchev–Trinajstić information content (AvgIpc) is 1.68. The van der Waals surface area contributed by atoms with Crippen LogP contribution in [0, 0.1) is 0 Å². The Morgan fingerprint density at radius 1 is 0.560 bits per heavy atom. The van der Waals surface area contributed by atoms with Crippen molar-refractivity contribution in [2.45, 2.75) is 305 Å². The van der Waals surface area contributed by atoms with Gasteiger partial charge >= 0.3 is 0 Å². The molecule has 3 heterocycles. The van der Waals surface area contributed by atoms with Crippen molar-refractivity contribution < 1.29 is 86.5 Å². The Morgan fingerprint density at radius 2 is 1.11 bits per heavy atom. The summed E-state index contributed by atoms with van der Waals surface area (Å²) in [6.45, 7) is 2.78. The van der Waals surface area contributed by atoms with Gasteiger partial charge in [0.1, 0.15) is 72.6 Å². The van der Waals surface area contributed by atoms with Crippen molar-refractivity contribution in [2.75, 3.05) is 39.3 Å².